The second kappa shape index (κ2) is 3.83. The molecule has 0 amide bonds. The van der Waals surface area contributed by atoms with Gasteiger partial charge in [-0.25, -0.2) is 0 Å². The Kier molecular flexibility index (Phi) is 3.35. The molecule has 0 aliphatic heterocycles. The molecule has 0 atom stereocenters. The summed E-state index contributed by atoms with van der Waals surface area (Å²) >= 11 is 0. The molecule has 9 heavy (non-hydrogen) atoms. The van der Waals surface area contributed by atoms with E-state index in [9.17, 15) is 9.59 Å². The molecule has 0 bridgehead atoms. The zero-order chi connectivity index (χ0) is 7.28. The Bertz CT molecular complexity index is 137. The third-order valence-electron chi connectivity index (χ3n) is 0.627. The van der Waals surface area contributed by atoms with Crippen molar-refractivity contribution in [1.82, 2.24) is 0 Å². The summed E-state index contributed by atoms with van der Waals surface area (Å²) in [6.45, 7) is 4.57. The summed E-state index contributed by atoms with van der Waals surface area (Å²) in [5.74, 6) is -0.405. The summed E-state index contributed by atoms with van der Waals surface area (Å²) in [6.07, 6.45) is 0.558. The molecular weight excluding hydrogens is 120 g/mol. The number of esters is 1. The Morgan fingerprint density at radius 3 is 2.67 bits per heavy atom. The van der Waals surface area contributed by atoms with Crippen molar-refractivity contribution in [2.75, 3.05) is 6.61 Å². The highest BCUT2D eigenvalue weighted by molar-refractivity contribution is 5.73. The maximum absolute atomic E-state index is 10.1. The summed E-state index contributed by atoms with van der Waals surface area (Å²) in [5, 5.41) is 0. The molecule has 0 aliphatic rings. The van der Waals surface area contributed by atoms with E-state index in [0.717, 1.165) is 0 Å². The quantitative estimate of drug-likeness (QED) is 0.312. The van der Waals surface area contributed by atoms with E-state index < -0.39 is 5.97 Å². The van der Waals surface area contributed by atoms with Gasteiger partial charge in [0.05, 0.1) is 0 Å². The van der Waals surface area contributed by atoms with E-state index >= 15 is 0 Å². The molecule has 0 aromatic heterocycles. The third kappa shape index (κ3) is 4.74. The van der Waals surface area contributed by atoms with E-state index in [0.29, 0.717) is 6.29 Å². The molecular formula is C6H8O3. The number of rotatable bonds is 3. The number of carbonyl (C=O) groups excluding carboxylic acids is 2. The minimum absolute atomic E-state index is 0.00116. The van der Waals surface area contributed by atoms with Crippen LogP contribution in [0.25, 0.3) is 0 Å². The summed E-state index contributed by atoms with van der Waals surface area (Å²) in [4.78, 5) is 19.9. The number of ether oxygens (including phenoxy) is 1. The SMILES string of the molecule is C=C(C=O)COC(C)=O. The van der Waals surface area contributed by atoms with Gasteiger partial charge in [0.15, 0.2) is 0 Å². The smallest absolute Gasteiger partial charge is 0.302 e. The monoisotopic (exact) mass is 128 g/mol. The average Bonchev–Trinajstić information content (AvgIpc) is 1.83. The number of carbonyl (C=O) groups is 2. The molecule has 0 N–H and O–H groups in total. The maximum Gasteiger partial charge on any atom is 0.302 e. The fourth-order valence-electron chi connectivity index (χ4n) is 0.228. The van der Waals surface area contributed by atoms with Crippen molar-refractivity contribution in [3.05, 3.63) is 12.2 Å². The highest BCUT2D eigenvalue weighted by Crippen LogP contribution is 1.85. The Morgan fingerprint density at radius 2 is 2.33 bits per heavy atom. The molecule has 0 rings (SSSR count). The van der Waals surface area contributed by atoms with Gasteiger partial charge in [0, 0.05) is 12.5 Å². The molecule has 3 heteroatoms. The lowest BCUT2D eigenvalue weighted by Crippen LogP contribution is -2.02. The minimum Gasteiger partial charge on any atom is -0.461 e. The van der Waals surface area contributed by atoms with Crippen molar-refractivity contribution in [2.24, 2.45) is 0 Å². The Morgan fingerprint density at radius 1 is 1.78 bits per heavy atom. The second-order valence-corrected chi connectivity index (χ2v) is 1.56. The first-order valence-electron chi connectivity index (χ1n) is 2.43. The average molecular weight is 128 g/mol. The highest BCUT2D eigenvalue weighted by Gasteiger charge is 1.93. The lowest BCUT2D eigenvalue weighted by Gasteiger charge is -1.96. The molecule has 3 nitrogen and oxygen atoms in total. The summed E-state index contributed by atoms with van der Waals surface area (Å²) in [7, 11) is 0. The van der Waals surface area contributed by atoms with Gasteiger partial charge >= 0.3 is 5.97 Å². The third-order valence-corrected chi connectivity index (χ3v) is 0.627. The van der Waals surface area contributed by atoms with E-state index in [4.69, 9.17) is 0 Å². The molecule has 0 aliphatic carbocycles. The molecule has 0 fully saturated rings. The number of hydrogen-bond acceptors (Lipinski definition) is 3. The first-order chi connectivity index (χ1) is 4.16. The van der Waals surface area contributed by atoms with Crippen LogP contribution in [0.5, 0.6) is 0 Å². The van der Waals surface area contributed by atoms with Gasteiger partial charge < -0.3 is 4.74 Å². The fourth-order valence-corrected chi connectivity index (χ4v) is 0.228. The van der Waals surface area contributed by atoms with E-state index in [-0.39, 0.29) is 12.2 Å². The number of hydrogen-bond donors (Lipinski definition) is 0. The highest BCUT2D eigenvalue weighted by atomic mass is 16.5. The van der Waals surface area contributed by atoms with Crippen LogP contribution in [0.2, 0.25) is 0 Å². The molecule has 0 spiro atoms. The van der Waals surface area contributed by atoms with Crippen molar-refractivity contribution in [2.45, 2.75) is 6.92 Å². The predicted octanol–water partition coefficient (Wildman–Crippen LogP) is 0.305. The molecule has 50 valence electrons. The Labute approximate surface area is 53.3 Å². The van der Waals surface area contributed by atoms with Crippen molar-refractivity contribution >= 4 is 12.3 Å². The topological polar surface area (TPSA) is 43.4 Å². The molecule has 0 unspecified atom stereocenters. The summed E-state index contributed by atoms with van der Waals surface area (Å²) < 4.78 is 4.42. The van der Waals surface area contributed by atoms with Crippen LogP contribution in [-0.2, 0) is 14.3 Å². The van der Waals surface area contributed by atoms with Crippen molar-refractivity contribution in [1.29, 1.82) is 0 Å². The van der Waals surface area contributed by atoms with Crippen LogP contribution in [0, 0.1) is 0 Å². The van der Waals surface area contributed by atoms with Crippen molar-refractivity contribution in [3.63, 3.8) is 0 Å². The first kappa shape index (κ1) is 7.88. The van der Waals surface area contributed by atoms with E-state index in [1.807, 2.05) is 0 Å². The van der Waals surface area contributed by atoms with Gasteiger partial charge in [0.2, 0.25) is 0 Å². The van der Waals surface area contributed by atoms with Crippen molar-refractivity contribution < 1.29 is 14.3 Å². The van der Waals surface area contributed by atoms with Gasteiger partial charge in [-0.05, 0) is 0 Å². The fraction of sp³-hybridized carbons (Fsp3) is 0.333. The Hall–Kier alpha value is -1.12. The van der Waals surface area contributed by atoms with E-state index in [2.05, 4.69) is 11.3 Å². The lowest BCUT2D eigenvalue weighted by molar-refractivity contribution is -0.140. The van der Waals surface area contributed by atoms with Crippen LogP contribution in [0.1, 0.15) is 6.92 Å². The van der Waals surface area contributed by atoms with Gasteiger partial charge in [-0.2, -0.15) is 0 Å². The van der Waals surface area contributed by atoms with Gasteiger partial charge in [-0.15, -0.1) is 0 Å². The van der Waals surface area contributed by atoms with Gasteiger partial charge in [0.25, 0.3) is 0 Å². The van der Waals surface area contributed by atoms with Crippen LogP contribution >= 0.6 is 0 Å². The Balaban J connectivity index is 3.39. The molecule has 0 heterocycles. The largest absolute Gasteiger partial charge is 0.461 e. The lowest BCUT2D eigenvalue weighted by atomic mass is 10.4. The molecule has 0 saturated carbocycles. The summed E-state index contributed by atoms with van der Waals surface area (Å²) in [5.41, 5.74) is 0.269. The zero-order valence-corrected chi connectivity index (χ0v) is 5.22. The normalized spacial score (nSPS) is 8.11. The first-order valence-corrected chi connectivity index (χ1v) is 2.43. The molecule has 0 aromatic carbocycles. The molecule has 0 saturated heterocycles. The van der Waals surface area contributed by atoms with Crippen LogP contribution in [0.15, 0.2) is 12.2 Å². The van der Waals surface area contributed by atoms with Crippen LogP contribution in [-0.4, -0.2) is 18.9 Å². The second-order valence-electron chi connectivity index (χ2n) is 1.56. The van der Waals surface area contributed by atoms with E-state index in [1.54, 1.807) is 0 Å². The number of aldehydes is 1. The zero-order valence-electron chi connectivity index (χ0n) is 5.22. The standard InChI is InChI=1S/C6H8O3/c1-5(3-7)4-9-6(2)8/h3H,1,4H2,2H3. The molecule has 0 radical (unpaired) electrons. The van der Waals surface area contributed by atoms with Crippen molar-refractivity contribution in [3.8, 4) is 0 Å². The van der Waals surface area contributed by atoms with Gasteiger partial charge in [-0.1, -0.05) is 6.58 Å². The van der Waals surface area contributed by atoms with Crippen LogP contribution in [0.3, 0.4) is 0 Å². The summed E-state index contributed by atoms with van der Waals surface area (Å²) in [6, 6.07) is 0. The van der Waals surface area contributed by atoms with Gasteiger partial charge in [-0.3, -0.25) is 9.59 Å². The van der Waals surface area contributed by atoms with E-state index in [1.165, 1.54) is 6.92 Å². The van der Waals surface area contributed by atoms with Gasteiger partial charge in [0.1, 0.15) is 12.9 Å². The predicted molar refractivity (Wildman–Crippen MR) is 31.8 cm³/mol. The maximum atomic E-state index is 10.1. The van der Waals surface area contributed by atoms with Crippen LogP contribution < -0.4 is 0 Å². The molecule has 0 aromatic rings. The minimum atomic E-state index is -0.405. The van der Waals surface area contributed by atoms with Crippen LogP contribution in [0.4, 0.5) is 0 Å².